The van der Waals surface area contributed by atoms with Crippen molar-refractivity contribution in [2.45, 2.75) is 51.7 Å². The van der Waals surface area contributed by atoms with Crippen molar-refractivity contribution in [1.82, 2.24) is 14.5 Å². The Labute approximate surface area is 159 Å². The summed E-state index contributed by atoms with van der Waals surface area (Å²) in [5.41, 5.74) is 1.46. The maximum Gasteiger partial charge on any atom is 0.255 e. The van der Waals surface area contributed by atoms with E-state index < -0.39 is 12.2 Å². The second-order valence-electron chi connectivity index (χ2n) is 6.92. The number of morpholine rings is 1. The van der Waals surface area contributed by atoms with Crippen LogP contribution in [0.4, 0.5) is 0 Å². The quantitative estimate of drug-likeness (QED) is 0.805. The standard InChI is InChI=1S/C20H27N3O4/c1-4-9-22-12-17(21-13-22)18(24)19-20(25)23(10-14(2)27-19)11-15-5-7-16(26-3)8-6-15/h5-8,12-14,18-19,24H,4,9-11H2,1-3H3. The van der Waals surface area contributed by atoms with Crippen molar-refractivity contribution in [2.24, 2.45) is 0 Å². The van der Waals surface area contributed by atoms with Gasteiger partial charge in [-0.25, -0.2) is 4.98 Å². The number of aromatic nitrogens is 2. The molecule has 0 bridgehead atoms. The lowest BCUT2D eigenvalue weighted by molar-refractivity contribution is -0.174. The number of hydrogen-bond acceptors (Lipinski definition) is 5. The zero-order chi connectivity index (χ0) is 19.4. The molecule has 0 spiro atoms. The number of imidazole rings is 1. The van der Waals surface area contributed by atoms with E-state index in [0.29, 0.717) is 18.8 Å². The minimum atomic E-state index is -1.09. The molecule has 1 N–H and O–H groups in total. The molecule has 27 heavy (non-hydrogen) atoms. The average Bonchev–Trinajstić information content (AvgIpc) is 3.13. The van der Waals surface area contributed by atoms with Crippen LogP contribution in [-0.2, 0) is 22.6 Å². The Morgan fingerprint density at radius 3 is 2.78 bits per heavy atom. The SMILES string of the molecule is CCCn1cnc(C(O)C2OC(C)CN(Cc3ccc(OC)cc3)C2=O)c1. The lowest BCUT2D eigenvalue weighted by Gasteiger charge is -2.37. The zero-order valence-electron chi connectivity index (χ0n) is 16.0. The molecule has 7 nitrogen and oxygen atoms in total. The summed E-state index contributed by atoms with van der Waals surface area (Å²) in [5.74, 6) is 0.554. The summed E-state index contributed by atoms with van der Waals surface area (Å²) in [4.78, 5) is 18.9. The largest absolute Gasteiger partial charge is 0.497 e. The summed E-state index contributed by atoms with van der Waals surface area (Å²) in [6, 6.07) is 7.61. The molecule has 2 heterocycles. The van der Waals surface area contributed by atoms with Gasteiger partial charge in [-0.1, -0.05) is 19.1 Å². The van der Waals surface area contributed by atoms with E-state index in [1.165, 1.54) is 0 Å². The molecule has 0 saturated carbocycles. The van der Waals surface area contributed by atoms with Gasteiger partial charge in [0.1, 0.15) is 11.9 Å². The van der Waals surface area contributed by atoms with Gasteiger partial charge in [0.2, 0.25) is 0 Å². The van der Waals surface area contributed by atoms with Crippen LogP contribution in [0.15, 0.2) is 36.8 Å². The number of ether oxygens (including phenoxy) is 2. The van der Waals surface area contributed by atoms with Crippen molar-refractivity contribution in [3.8, 4) is 5.75 Å². The molecule has 1 amide bonds. The van der Waals surface area contributed by atoms with Gasteiger partial charge in [-0.05, 0) is 31.0 Å². The van der Waals surface area contributed by atoms with Crippen LogP contribution in [0.1, 0.15) is 37.6 Å². The summed E-state index contributed by atoms with van der Waals surface area (Å²) in [6.45, 7) is 5.74. The first-order valence-corrected chi connectivity index (χ1v) is 9.28. The third kappa shape index (κ3) is 4.48. The van der Waals surface area contributed by atoms with Gasteiger partial charge < -0.3 is 24.0 Å². The van der Waals surface area contributed by atoms with E-state index in [-0.39, 0.29) is 12.0 Å². The van der Waals surface area contributed by atoms with E-state index in [0.717, 1.165) is 24.3 Å². The molecule has 1 aromatic heterocycles. The molecule has 1 fully saturated rings. The molecule has 0 radical (unpaired) electrons. The van der Waals surface area contributed by atoms with Gasteiger partial charge in [0.15, 0.2) is 6.10 Å². The van der Waals surface area contributed by atoms with Gasteiger partial charge in [-0.15, -0.1) is 0 Å². The first kappa shape index (κ1) is 19.4. The number of benzene rings is 1. The number of amides is 1. The normalized spacial score (nSPS) is 21.3. The number of rotatable bonds is 7. The molecule has 1 aliphatic rings. The molecule has 3 unspecified atom stereocenters. The Balaban J connectivity index is 1.72. The van der Waals surface area contributed by atoms with E-state index in [2.05, 4.69) is 11.9 Å². The maximum absolute atomic E-state index is 12.9. The van der Waals surface area contributed by atoms with Crippen molar-refractivity contribution in [1.29, 1.82) is 0 Å². The van der Waals surface area contributed by atoms with Crippen molar-refractivity contribution in [3.63, 3.8) is 0 Å². The highest BCUT2D eigenvalue weighted by Crippen LogP contribution is 2.26. The van der Waals surface area contributed by atoms with E-state index in [1.54, 1.807) is 24.5 Å². The smallest absolute Gasteiger partial charge is 0.255 e. The second kappa shape index (κ2) is 8.54. The Kier molecular flexibility index (Phi) is 6.13. The first-order chi connectivity index (χ1) is 13.0. The first-order valence-electron chi connectivity index (χ1n) is 9.28. The van der Waals surface area contributed by atoms with E-state index >= 15 is 0 Å². The van der Waals surface area contributed by atoms with E-state index in [1.807, 2.05) is 35.8 Å². The molecule has 7 heteroatoms. The third-order valence-corrected chi connectivity index (χ3v) is 4.67. The number of aryl methyl sites for hydroxylation is 1. The van der Waals surface area contributed by atoms with Crippen LogP contribution in [0.5, 0.6) is 5.75 Å². The highest BCUT2D eigenvalue weighted by atomic mass is 16.5. The molecule has 1 saturated heterocycles. The fourth-order valence-electron chi connectivity index (χ4n) is 3.30. The lowest BCUT2D eigenvalue weighted by atomic mass is 10.1. The van der Waals surface area contributed by atoms with Crippen LogP contribution in [0.25, 0.3) is 0 Å². The maximum atomic E-state index is 12.9. The zero-order valence-corrected chi connectivity index (χ0v) is 16.0. The van der Waals surface area contributed by atoms with Gasteiger partial charge in [0, 0.05) is 25.8 Å². The van der Waals surface area contributed by atoms with Crippen LogP contribution >= 0.6 is 0 Å². The second-order valence-corrected chi connectivity index (χ2v) is 6.92. The van der Waals surface area contributed by atoms with Crippen LogP contribution in [0.3, 0.4) is 0 Å². The van der Waals surface area contributed by atoms with Gasteiger partial charge >= 0.3 is 0 Å². The van der Waals surface area contributed by atoms with Crippen LogP contribution in [0.2, 0.25) is 0 Å². The summed E-state index contributed by atoms with van der Waals surface area (Å²) >= 11 is 0. The van der Waals surface area contributed by atoms with Crippen LogP contribution < -0.4 is 4.74 Å². The number of aliphatic hydroxyl groups excluding tert-OH is 1. The van der Waals surface area contributed by atoms with E-state index in [4.69, 9.17) is 9.47 Å². The molecule has 0 aliphatic carbocycles. The van der Waals surface area contributed by atoms with Crippen molar-refractivity contribution in [3.05, 3.63) is 48.0 Å². The molecule has 3 atom stereocenters. The molecule has 3 rings (SSSR count). The van der Waals surface area contributed by atoms with E-state index in [9.17, 15) is 9.90 Å². The summed E-state index contributed by atoms with van der Waals surface area (Å²) in [7, 11) is 1.62. The number of methoxy groups -OCH3 is 1. The third-order valence-electron chi connectivity index (χ3n) is 4.67. The number of hydrogen-bond donors (Lipinski definition) is 1. The van der Waals surface area contributed by atoms with Gasteiger partial charge in [0.05, 0.1) is 25.2 Å². The van der Waals surface area contributed by atoms with Gasteiger partial charge in [0.25, 0.3) is 5.91 Å². The number of nitrogens with zero attached hydrogens (tertiary/aromatic N) is 3. The van der Waals surface area contributed by atoms with Gasteiger partial charge in [-0.2, -0.15) is 0 Å². The Morgan fingerprint density at radius 2 is 2.11 bits per heavy atom. The van der Waals surface area contributed by atoms with Crippen molar-refractivity contribution >= 4 is 5.91 Å². The van der Waals surface area contributed by atoms with Crippen molar-refractivity contribution < 1.29 is 19.4 Å². The molecule has 1 aliphatic heterocycles. The molecule has 2 aromatic rings. The molecule has 1 aromatic carbocycles. The number of aliphatic hydroxyl groups is 1. The number of carbonyl (C=O) groups is 1. The Morgan fingerprint density at radius 1 is 1.37 bits per heavy atom. The minimum Gasteiger partial charge on any atom is -0.497 e. The summed E-state index contributed by atoms with van der Waals surface area (Å²) in [6.07, 6.45) is 2.22. The highest BCUT2D eigenvalue weighted by molar-refractivity contribution is 5.82. The minimum absolute atomic E-state index is 0.168. The topological polar surface area (TPSA) is 76.8 Å². The van der Waals surface area contributed by atoms with Crippen molar-refractivity contribution in [2.75, 3.05) is 13.7 Å². The van der Waals surface area contributed by atoms with Crippen LogP contribution in [-0.4, -0.2) is 51.3 Å². The Bertz CT molecular complexity index is 759. The summed E-state index contributed by atoms with van der Waals surface area (Å²) < 4.78 is 12.9. The highest BCUT2D eigenvalue weighted by Gasteiger charge is 2.39. The lowest BCUT2D eigenvalue weighted by Crippen LogP contribution is -2.52. The Hall–Kier alpha value is -2.38. The molecular formula is C20H27N3O4. The predicted octanol–water partition coefficient (Wildman–Crippen LogP) is 2.15. The monoisotopic (exact) mass is 373 g/mol. The van der Waals surface area contributed by atoms with Gasteiger partial charge in [-0.3, -0.25) is 4.79 Å². The fraction of sp³-hybridized carbons (Fsp3) is 0.500. The summed E-state index contributed by atoms with van der Waals surface area (Å²) in [5, 5.41) is 10.7. The molecule has 146 valence electrons. The van der Waals surface area contributed by atoms with Crippen LogP contribution in [0, 0.1) is 0 Å². The number of carbonyl (C=O) groups excluding carboxylic acids is 1. The molecular weight excluding hydrogens is 346 g/mol. The fourth-order valence-corrected chi connectivity index (χ4v) is 3.30. The predicted molar refractivity (Wildman–Crippen MR) is 100 cm³/mol. The average molecular weight is 373 g/mol.